The number of unbranched alkanes of at least 4 members (excludes halogenated alkanes) is 2. The topological polar surface area (TPSA) is 68.0 Å². The van der Waals surface area contributed by atoms with Gasteiger partial charge in [-0.3, -0.25) is 4.79 Å². The molecule has 7 heteroatoms. The minimum atomic E-state index is -0.837. The van der Waals surface area contributed by atoms with Crippen molar-refractivity contribution in [2.24, 2.45) is 0 Å². The van der Waals surface area contributed by atoms with Crippen molar-refractivity contribution in [2.75, 3.05) is 5.75 Å². The van der Waals surface area contributed by atoms with Gasteiger partial charge < -0.3 is 9.67 Å². The second kappa shape index (κ2) is 7.44. The Morgan fingerprint density at radius 3 is 2.95 bits per heavy atom. The first kappa shape index (κ1) is 15.1. The lowest BCUT2D eigenvalue weighted by atomic mass is 10.2. The minimum Gasteiger partial charge on any atom is -0.481 e. The van der Waals surface area contributed by atoms with Crippen LogP contribution in [-0.2, 0) is 11.3 Å². The molecule has 0 amide bonds. The normalized spacial score (nSPS) is 10.8. The van der Waals surface area contributed by atoms with Crippen LogP contribution in [0, 0.1) is 0 Å². The molecule has 0 aliphatic carbocycles. The molecule has 0 radical (unpaired) electrons. The number of aromatic nitrogens is 3. The zero-order chi connectivity index (χ0) is 14.4. The highest BCUT2D eigenvalue weighted by Gasteiger charge is 2.15. The van der Waals surface area contributed by atoms with Crippen LogP contribution in [0.5, 0.6) is 0 Å². The zero-order valence-electron chi connectivity index (χ0n) is 11.3. The molecule has 5 nitrogen and oxygen atoms in total. The molecule has 0 aromatic carbocycles. The van der Waals surface area contributed by atoms with Gasteiger partial charge in [0, 0.05) is 6.54 Å². The molecule has 0 aliphatic rings. The summed E-state index contributed by atoms with van der Waals surface area (Å²) in [6, 6.07) is 3.99. The summed E-state index contributed by atoms with van der Waals surface area (Å²) >= 11 is 2.84. The summed E-state index contributed by atoms with van der Waals surface area (Å²) in [6.07, 6.45) is 3.34. The van der Waals surface area contributed by atoms with Gasteiger partial charge in [0.2, 0.25) is 0 Å². The molecule has 1 N–H and O–H groups in total. The molecule has 0 aliphatic heterocycles. The Hall–Kier alpha value is -1.34. The van der Waals surface area contributed by atoms with Gasteiger partial charge in [0.05, 0.1) is 10.6 Å². The summed E-state index contributed by atoms with van der Waals surface area (Å²) in [4.78, 5) is 11.8. The van der Waals surface area contributed by atoms with Crippen molar-refractivity contribution in [1.29, 1.82) is 0 Å². The fourth-order valence-electron chi connectivity index (χ4n) is 1.83. The smallest absolute Gasteiger partial charge is 0.313 e. The van der Waals surface area contributed by atoms with Crippen LogP contribution in [0.1, 0.15) is 26.2 Å². The summed E-state index contributed by atoms with van der Waals surface area (Å²) in [5, 5.41) is 19.9. The van der Waals surface area contributed by atoms with E-state index in [1.165, 1.54) is 11.8 Å². The molecule has 2 aromatic rings. The minimum absolute atomic E-state index is 0.0103. The van der Waals surface area contributed by atoms with Crippen molar-refractivity contribution in [2.45, 2.75) is 37.9 Å². The Balaban J connectivity index is 2.20. The van der Waals surface area contributed by atoms with E-state index in [0.717, 1.165) is 36.5 Å². The Morgan fingerprint density at radius 2 is 2.30 bits per heavy atom. The van der Waals surface area contributed by atoms with Crippen LogP contribution < -0.4 is 0 Å². The number of thiophene rings is 1. The quantitative estimate of drug-likeness (QED) is 0.598. The van der Waals surface area contributed by atoms with Crippen molar-refractivity contribution >= 4 is 29.1 Å². The van der Waals surface area contributed by atoms with E-state index in [1.54, 1.807) is 11.3 Å². The van der Waals surface area contributed by atoms with E-state index in [9.17, 15) is 4.79 Å². The molecule has 2 heterocycles. The summed E-state index contributed by atoms with van der Waals surface area (Å²) in [6.45, 7) is 2.99. The molecular formula is C13H17N3O2S2. The number of carbonyl (C=O) groups is 1. The van der Waals surface area contributed by atoms with E-state index in [0.29, 0.717) is 5.16 Å². The molecule has 0 atom stereocenters. The Bertz CT molecular complexity index is 552. The third-order valence-electron chi connectivity index (χ3n) is 2.77. The fraction of sp³-hybridized carbons (Fsp3) is 0.462. The van der Waals surface area contributed by atoms with Crippen molar-refractivity contribution in [1.82, 2.24) is 14.8 Å². The zero-order valence-corrected chi connectivity index (χ0v) is 12.9. The third kappa shape index (κ3) is 3.83. The molecule has 20 heavy (non-hydrogen) atoms. The Kier molecular flexibility index (Phi) is 5.60. The number of carboxylic acids is 1. The van der Waals surface area contributed by atoms with Gasteiger partial charge in [0.25, 0.3) is 0 Å². The first-order chi connectivity index (χ1) is 9.72. The van der Waals surface area contributed by atoms with Crippen LogP contribution in [0.2, 0.25) is 0 Å². The molecule has 0 unspecified atom stereocenters. The SMILES string of the molecule is CCCCCn1c(SCC(=O)O)nnc1-c1cccs1. The number of nitrogens with zero attached hydrogens (tertiary/aromatic N) is 3. The van der Waals surface area contributed by atoms with Gasteiger partial charge in [0.15, 0.2) is 11.0 Å². The number of rotatable bonds is 8. The van der Waals surface area contributed by atoms with Crippen LogP contribution in [0.4, 0.5) is 0 Å². The fourth-order valence-corrected chi connectivity index (χ4v) is 3.23. The molecule has 0 saturated heterocycles. The number of aliphatic carboxylic acids is 1. The number of hydrogen-bond acceptors (Lipinski definition) is 5. The molecule has 0 fully saturated rings. The monoisotopic (exact) mass is 311 g/mol. The van der Waals surface area contributed by atoms with Crippen LogP contribution in [0.15, 0.2) is 22.7 Å². The van der Waals surface area contributed by atoms with Gasteiger partial charge in [-0.1, -0.05) is 37.6 Å². The largest absolute Gasteiger partial charge is 0.481 e. The molecular weight excluding hydrogens is 294 g/mol. The maximum Gasteiger partial charge on any atom is 0.313 e. The van der Waals surface area contributed by atoms with E-state index in [4.69, 9.17) is 5.11 Å². The van der Waals surface area contributed by atoms with E-state index < -0.39 is 5.97 Å². The molecule has 0 saturated carbocycles. The molecule has 108 valence electrons. The lowest BCUT2D eigenvalue weighted by Crippen LogP contribution is -2.05. The highest BCUT2D eigenvalue weighted by Crippen LogP contribution is 2.27. The summed E-state index contributed by atoms with van der Waals surface area (Å²) < 4.78 is 2.04. The summed E-state index contributed by atoms with van der Waals surface area (Å²) in [5.41, 5.74) is 0. The van der Waals surface area contributed by atoms with E-state index in [1.807, 2.05) is 22.1 Å². The van der Waals surface area contributed by atoms with Gasteiger partial charge in [0.1, 0.15) is 0 Å². The van der Waals surface area contributed by atoms with Gasteiger partial charge in [-0.2, -0.15) is 0 Å². The number of thioether (sulfide) groups is 1. The summed E-state index contributed by atoms with van der Waals surface area (Å²) in [7, 11) is 0. The van der Waals surface area contributed by atoms with Crippen LogP contribution in [0.3, 0.4) is 0 Å². The van der Waals surface area contributed by atoms with Crippen molar-refractivity contribution in [3.63, 3.8) is 0 Å². The lowest BCUT2D eigenvalue weighted by Gasteiger charge is -2.08. The van der Waals surface area contributed by atoms with Gasteiger partial charge in [-0.15, -0.1) is 21.5 Å². The molecule has 0 bridgehead atoms. The maximum atomic E-state index is 10.7. The molecule has 0 spiro atoms. The molecule has 2 aromatic heterocycles. The third-order valence-corrected chi connectivity index (χ3v) is 4.59. The van der Waals surface area contributed by atoms with Gasteiger partial charge in [-0.05, 0) is 17.9 Å². The van der Waals surface area contributed by atoms with E-state index in [2.05, 4.69) is 17.1 Å². The Labute approximate surface area is 126 Å². The van der Waals surface area contributed by atoms with Crippen LogP contribution >= 0.6 is 23.1 Å². The van der Waals surface area contributed by atoms with Crippen LogP contribution in [0.25, 0.3) is 10.7 Å². The maximum absolute atomic E-state index is 10.7. The highest BCUT2D eigenvalue weighted by atomic mass is 32.2. The summed E-state index contributed by atoms with van der Waals surface area (Å²) in [5.74, 6) is 0.0101. The van der Waals surface area contributed by atoms with Gasteiger partial charge >= 0.3 is 5.97 Å². The first-order valence-corrected chi connectivity index (χ1v) is 8.40. The first-order valence-electron chi connectivity index (χ1n) is 6.54. The van der Waals surface area contributed by atoms with Crippen molar-refractivity contribution in [3.8, 4) is 10.7 Å². The second-order valence-corrected chi connectivity index (χ2v) is 6.21. The molecule has 2 rings (SSSR count). The van der Waals surface area contributed by atoms with E-state index >= 15 is 0 Å². The average Bonchev–Trinajstić information content (AvgIpc) is 3.05. The van der Waals surface area contributed by atoms with Crippen LogP contribution in [-0.4, -0.2) is 31.6 Å². The number of hydrogen-bond donors (Lipinski definition) is 1. The lowest BCUT2D eigenvalue weighted by molar-refractivity contribution is -0.133. The van der Waals surface area contributed by atoms with Crippen molar-refractivity contribution in [3.05, 3.63) is 17.5 Å². The predicted octanol–water partition coefficient (Wildman–Crippen LogP) is 3.37. The standard InChI is InChI=1S/C13H17N3O2S2/c1-2-3-4-7-16-12(10-6-5-8-19-10)14-15-13(16)20-9-11(17)18/h5-6,8H,2-4,7,9H2,1H3,(H,17,18). The van der Waals surface area contributed by atoms with E-state index in [-0.39, 0.29) is 5.75 Å². The van der Waals surface area contributed by atoms with Gasteiger partial charge in [-0.25, -0.2) is 0 Å². The predicted molar refractivity (Wildman–Crippen MR) is 81.2 cm³/mol. The van der Waals surface area contributed by atoms with Crippen molar-refractivity contribution < 1.29 is 9.90 Å². The average molecular weight is 311 g/mol. The second-order valence-electron chi connectivity index (χ2n) is 4.32. The number of carboxylic acid groups (broad SMARTS) is 1. The highest BCUT2D eigenvalue weighted by molar-refractivity contribution is 7.99. The Morgan fingerprint density at radius 1 is 1.45 bits per heavy atom.